The van der Waals surface area contributed by atoms with Gasteiger partial charge in [0.25, 0.3) is 5.69 Å². The zero-order valence-electron chi connectivity index (χ0n) is 9.56. The minimum atomic E-state index is -4.56. The van der Waals surface area contributed by atoms with Gasteiger partial charge in [-0.25, -0.2) is 4.79 Å². The number of carbonyl (C=O) groups excluding carboxylic acids is 1. The Kier molecular flexibility index (Phi) is 4.30. The van der Waals surface area contributed by atoms with Crippen molar-refractivity contribution in [3.05, 3.63) is 33.9 Å². The molecular formula is C10H8F3NO5. The number of esters is 1. The van der Waals surface area contributed by atoms with E-state index in [1.165, 1.54) is 0 Å². The lowest BCUT2D eigenvalue weighted by Gasteiger charge is -2.09. The van der Waals surface area contributed by atoms with Gasteiger partial charge in [-0.2, -0.15) is 13.2 Å². The molecule has 0 spiro atoms. The summed E-state index contributed by atoms with van der Waals surface area (Å²) in [6.45, 7) is -1.58. The SMILES string of the molecule is COC(=O)c1ccc(OCC(F)(F)F)cc1[N+](=O)[O-]. The fourth-order valence-electron chi connectivity index (χ4n) is 1.20. The van der Waals surface area contributed by atoms with E-state index in [0.717, 1.165) is 25.3 Å². The highest BCUT2D eigenvalue weighted by atomic mass is 19.4. The summed E-state index contributed by atoms with van der Waals surface area (Å²) in [4.78, 5) is 21.0. The number of carbonyl (C=O) groups is 1. The van der Waals surface area contributed by atoms with Gasteiger partial charge in [0.1, 0.15) is 11.3 Å². The number of nitro benzene ring substituents is 1. The lowest BCUT2D eigenvalue weighted by atomic mass is 10.1. The van der Waals surface area contributed by atoms with Crippen molar-refractivity contribution in [3.8, 4) is 5.75 Å². The highest BCUT2D eigenvalue weighted by Gasteiger charge is 2.29. The maximum absolute atomic E-state index is 11.9. The van der Waals surface area contributed by atoms with Crippen LogP contribution >= 0.6 is 0 Å². The van der Waals surface area contributed by atoms with E-state index < -0.39 is 29.4 Å². The molecular weight excluding hydrogens is 271 g/mol. The minimum Gasteiger partial charge on any atom is -0.484 e. The average molecular weight is 279 g/mol. The van der Waals surface area contributed by atoms with Gasteiger partial charge in [-0.15, -0.1) is 0 Å². The lowest BCUT2D eigenvalue weighted by Crippen LogP contribution is -2.19. The Labute approximate surface area is 104 Å². The second-order valence-corrected chi connectivity index (χ2v) is 3.33. The summed E-state index contributed by atoms with van der Waals surface area (Å²) in [5.74, 6) is -1.33. The molecule has 0 heterocycles. The number of nitro groups is 1. The number of rotatable bonds is 4. The number of nitrogens with zero attached hydrogens (tertiary/aromatic N) is 1. The Balaban J connectivity index is 3.03. The lowest BCUT2D eigenvalue weighted by molar-refractivity contribution is -0.385. The molecule has 0 atom stereocenters. The van der Waals surface area contributed by atoms with Crippen molar-refractivity contribution in [2.75, 3.05) is 13.7 Å². The zero-order valence-corrected chi connectivity index (χ0v) is 9.56. The highest BCUT2D eigenvalue weighted by molar-refractivity contribution is 5.94. The molecule has 1 aromatic carbocycles. The third-order valence-electron chi connectivity index (χ3n) is 1.97. The van der Waals surface area contributed by atoms with Gasteiger partial charge in [0, 0.05) is 0 Å². The molecule has 0 amide bonds. The highest BCUT2D eigenvalue weighted by Crippen LogP contribution is 2.26. The summed E-state index contributed by atoms with van der Waals surface area (Å²) in [6.07, 6.45) is -4.56. The summed E-state index contributed by atoms with van der Waals surface area (Å²) in [7, 11) is 1.03. The number of benzene rings is 1. The van der Waals surface area contributed by atoms with Crippen LogP contribution in [-0.2, 0) is 4.74 Å². The predicted octanol–water partition coefficient (Wildman–Crippen LogP) is 2.32. The van der Waals surface area contributed by atoms with Gasteiger partial charge < -0.3 is 9.47 Å². The summed E-state index contributed by atoms with van der Waals surface area (Å²) < 4.78 is 44.5. The Morgan fingerprint density at radius 2 is 2.05 bits per heavy atom. The van der Waals surface area contributed by atoms with Crippen LogP contribution in [0.5, 0.6) is 5.75 Å². The second-order valence-electron chi connectivity index (χ2n) is 3.33. The van der Waals surface area contributed by atoms with Crippen LogP contribution in [0.25, 0.3) is 0 Å². The number of halogens is 3. The number of alkyl halides is 3. The van der Waals surface area contributed by atoms with E-state index in [1.807, 2.05) is 0 Å². The summed E-state index contributed by atoms with van der Waals surface area (Å²) in [6, 6.07) is 2.72. The van der Waals surface area contributed by atoms with Crippen molar-refractivity contribution < 1.29 is 32.4 Å². The van der Waals surface area contributed by atoms with E-state index in [2.05, 4.69) is 9.47 Å². The number of hydrogen-bond acceptors (Lipinski definition) is 5. The Morgan fingerprint density at radius 1 is 1.42 bits per heavy atom. The molecule has 0 bridgehead atoms. The van der Waals surface area contributed by atoms with Gasteiger partial charge in [-0.1, -0.05) is 0 Å². The molecule has 0 saturated heterocycles. The van der Waals surface area contributed by atoms with Gasteiger partial charge in [-0.3, -0.25) is 10.1 Å². The first-order valence-electron chi connectivity index (χ1n) is 4.81. The Bertz CT molecular complexity index is 500. The monoisotopic (exact) mass is 279 g/mol. The van der Waals surface area contributed by atoms with Gasteiger partial charge in [-0.05, 0) is 12.1 Å². The first-order valence-corrected chi connectivity index (χ1v) is 4.81. The quantitative estimate of drug-likeness (QED) is 0.480. The molecule has 0 N–H and O–H groups in total. The largest absolute Gasteiger partial charge is 0.484 e. The van der Waals surface area contributed by atoms with E-state index in [0.29, 0.717) is 0 Å². The molecule has 0 unspecified atom stereocenters. The summed E-state index contributed by atoms with van der Waals surface area (Å²) in [5.41, 5.74) is -1.06. The van der Waals surface area contributed by atoms with Crippen LogP contribution in [0.4, 0.5) is 18.9 Å². The van der Waals surface area contributed by atoms with Crippen LogP contribution < -0.4 is 4.74 Å². The van der Waals surface area contributed by atoms with E-state index in [9.17, 15) is 28.1 Å². The normalized spacial score (nSPS) is 10.9. The molecule has 0 fully saturated rings. The average Bonchev–Trinajstić information content (AvgIpc) is 2.34. The fourth-order valence-corrected chi connectivity index (χ4v) is 1.20. The molecule has 6 nitrogen and oxygen atoms in total. The van der Waals surface area contributed by atoms with Crippen LogP contribution in [-0.4, -0.2) is 30.8 Å². The molecule has 1 aromatic rings. The minimum absolute atomic E-state index is 0.364. The van der Waals surface area contributed by atoms with Gasteiger partial charge in [0.15, 0.2) is 6.61 Å². The van der Waals surface area contributed by atoms with Crippen molar-refractivity contribution >= 4 is 11.7 Å². The molecule has 0 aliphatic heterocycles. The molecule has 1 rings (SSSR count). The van der Waals surface area contributed by atoms with Crippen molar-refractivity contribution in [2.45, 2.75) is 6.18 Å². The van der Waals surface area contributed by atoms with Crippen LogP contribution in [0, 0.1) is 10.1 Å². The van der Waals surface area contributed by atoms with Crippen molar-refractivity contribution in [2.24, 2.45) is 0 Å². The number of methoxy groups -OCH3 is 1. The molecule has 0 radical (unpaired) electrons. The maximum atomic E-state index is 11.9. The zero-order chi connectivity index (χ0) is 14.6. The van der Waals surface area contributed by atoms with E-state index in [-0.39, 0.29) is 11.3 Å². The predicted molar refractivity (Wildman–Crippen MR) is 56.0 cm³/mol. The van der Waals surface area contributed by atoms with Crippen LogP contribution in [0.2, 0.25) is 0 Å². The van der Waals surface area contributed by atoms with Crippen LogP contribution in [0.15, 0.2) is 18.2 Å². The van der Waals surface area contributed by atoms with Gasteiger partial charge >= 0.3 is 12.1 Å². The van der Waals surface area contributed by atoms with Crippen molar-refractivity contribution in [3.63, 3.8) is 0 Å². The smallest absolute Gasteiger partial charge is 0.422 e. The molecule has 0 aliphatic carbocycles. The van der Waals surface area contributed by atoms with Crippen LogP contribution in [0.3, 0.4) is 0 Å². The fraction of sp³-hybridized carbons (Fsp3) is 0.300. The molecule has 9 heteroatoms. The van der Waals surface area contributed by atoms with E-state index in [1.54, 1.807) is 0 Å². The first-order chi connectivity index (χ1) is 8.74. The molecule has 19 heavy (non-hydrogen) atoms. The topological polar surface area (TPSA) is 78.7 Å². The third kappa shape index (κ3) is 4.12. The van der Waals surface area contributed by atoms with Gasteiger partial charge in [0.2, 0.25) is 0 Å². The summed E-state index contributed by atoms with van der Waals surface area (Å²) >= 11 is 0. The molecule has 104 valence electrons. The first kappa shape index (κ1) is 14.7. The number of hydrogen-bond donors (Lipinski definition) is 0. The molecule has 0 aromatic heterocycles. The molecule has 0 aliphatic rings. The Hall–Kier alpha value is -2.32. The van der Waals surface area contributed by atoms with E-state index in [4.69, 9.17) is 0 Å². The van der Waals surface area contributed by atoms with E-state index >= 15 is 0 Å². The number of ether oxygens (including phenoxy) is 2. The van der Waals surface area contributed by atoms with Crippen molar-refractivity contribution in [1.82, 2.24) is 0 Å². The van der Waals surface area contributed by atoms with Gasteiger partial charge in [0.05, 0.1) is 18.1 Å². The van der Waals surface area contributed by atoms with Crippen LogP contribution in [0.1, 0.15) is 10.4 Å². The maximum Gasteiger partial charge on any atom is 0.422 e. The third-order valence-corrected chi connectivity index (χ3v) is 1.97. The Morgan fingerprint density at radius 3 is 2.53 bits per heavy atom. The standard InChI is InChI=1S/C10H8F3NO5/c1-18-9(15)7-3-2-6(4-8(7)14(16)17)19-5-10(11,12)13/h2-4H,5H2,1H3. The molecule has 0 saturated carbocycles. The summed E-state index contributed by atoms with van der Waals surface area (Å²) in [5, 5.41) is 10.7. The second kappa shape index (κ2) is 5.55. The van der Waals surface area contributed by atoms with Crippen molar-refractivity contribution in [1.29, 1.82) is 0 Å².